The van der Waals surface area contributed by atoms with Crippen LogP contribution in [0.5, 0.6) is 0 Å². The Kier molecular flexibility index (Phi) is 5.44. The molecule has 150 valence electrons. The van der Waals surface area contributed by atoms with Gasteiger partial charge in [-0.3, -0.25) is 4.79 Å². The average molecular weight is 397 g/mol. The van der Waals surface area contributed by atoms with Crippen molar-refractivity contribution in [2.75, 3.05) is 0 Å². The fourth-order valence-electron chi connectivity index (χ4n) is 3.82. The molecule has 4 rings (SSSR count). The fraction of sp³-hybridized carbons (Fsp3) is 0.250. The number of nitrogens with one attached hydrogen (secondary N) is 1. The first-order chi connectivity index (χ1) is 14.6. The molecule has 30 heavy (non-hydrogen) atoms. The summed E-state index contributed by atoms with van der Waals surface area (Å²) in [6, 6.07) is 12.3. The molecule has 6 heteroatoms. The summed E-state index contributed by atoms with van der Waals surface area (Å²) in [6.45, 7) is 2.06. The van der Waals surface area contributed by atoms with Crippen LogP contribution >= 0.6 is 0 Å². The van der Waals surface area contributed by atoms with E-state index in [9.17, 15) is 4.79 Å². The Hall–Kier alpha value is -3.72. The zero-order valence-electron chi connectivity index (χ0n) is 17.1. The minimum absolute atomic E-state index is 0.0479. The van der Waals surface area contributed by atoms with Crippen molar-refractivity contribution in [1.29, 1.82) is 5.26 Å². The minimum atomic E-state index is -0.0479. The van der Waals surface area contributed by atoms with Gasteiger partial charge in [-0.2, -0.15) is 5.26 Å². The number of imidazole rings is 1. The number of hydrogen-bond acceptors (Lipinski definition) is 4. The Labute approximate surface area is 174 Å². The molecule has 0 aliphatic carbocycles. The molecule has 0 unspecified atom stereocenters. The van der Waals surface area contributed by atoms with Crippen LogP contribution in [0.4, 0.5) is 0 Å². The Balaban J connectivity index is 1.83. The van der Waals surface area contributed by atoms with Crippen LogP contribution in [0.15, 0.2) is 53.8 Å². The first-order valence-corrected chi connectivity index (χ1v) is 10.00. The number of fused-ring (bicyclic) bond motifs is 1. The third kappa shape index (κ3) is 3.87. The van der Waals surface area contributed by atoms with Gasteiger partial charge in [-0.25, -0.2) is 9.97 Å². The second-order valence-electron chi connectivity index (χ2n) is 7.53. The first-order valence-electron chi connectivity index (χ1n) is 10.00. The number of pyridine rings is 2. The van der Waals surface area contributed by atoms with Crippen LogP contribution in [0.25, 0.3) is 22.3 Å². The van der Waals surface area contributed by atoms with E-state index in [1.165, 1.54) is 0 Å². The minimum Gasteiger partial charge on any atom is -0.332 e. The zero-order valence-corrected chi connectivity index (χ0v) is 17.1. The van der Waals surface area contributed by atoms with E-state index in [1.807, 2.05) is 29.9 Å². The molecule has 3 heterocycles. The largest absolute Gasteiger partial charge is 0.332 e. The SMILES string of the molecule is Cc1cc2nc(-c3cncn3C)cc(CCc3ccc[nH]c3=O)c2cc1CCC#N. The van der Waals surface area contributed by atoms with Crippen molar-refractivity contribution in [2.45, 2.75) is 32.6 Å². The van der Waals surface area contributed by atoms with E-state index < -0.39 is 0 Å². The maximum absolute atomic E-state index is 12.1. The Morgan fingerprint density at radius 3 is 2.70 bits per heavy atom. The fourth-order valence-corrected chi connectivity index (χ4v) is 3.82. The zero-order chi connectivity index (χ0) is 21.1. The van der Waals surface area contributed by atoms with Crippen molar-refractivity contribution in [3.8, 4) is 17.5 Å². The summed E-state index contributed by atoms with van der Waals surface area (Å²) in [6.07, 6.45) is 7.80. The van der Waals surface area contributed by atoms with Crippen molar-refractivity contribution in [2.24, 2.45) is 7.05 Å². The van der Waals surface area contributed by atoms with E-state index in [0.717, 1.165) is 57.4 Å². The second kappa shape index (κ2) is 8.34. The summed E-state index contributed by atoms with van der Waals surface area (Å²) in [5.74, 6) is 0. The van der Waals surface area contributed by atoms with Crippen LogP contribution in [0, 0.1) is 18.3 Å². The number of nitrogens with zero attached hydrogens (tertiary/aromatic N) is 4. The standard InChI is InChI=1S/C24H23N5O/c1-16-11-21-20(12-18(16)5-3-9-25)19(8-7-17-6-4-10-27-24(17)30)13-22(28-21)23-14-26-15-29(23)2/h4,6,10-15H,3,5,7-8H2,1-2H3,(H,27,30). The van der Waals surface area contributed by atoms with E-state index in [-0.39, 0.29) is 5.56 Å². The third-order valence-corrected chi connectivity index (χ3v) is 5.50. The first kappa shape index (κ1) is 19.6. The van der Waals surface area contributed by atoms with Gasteiger partial charge < -0.3 is 9.55 Å². The second-order valence-corrected chi connectivity index (χ2v) is 7.53. The normalized spacial score (nSPS) is 11.0. The molecule has 0 spiro atoms. The van der Waals surface area contributed by atoms with Crippen LogP contribution < -0.4 is 5.56 Å². The van der Waals surface area contributed by atoms with Gasteiger partial charge >= 0.3 is 0 Å². The van der Waals surface area contributed by atoms with Gasteiger partial charge in [-0.15, -0.1) is 0 Å². The van der Waals surface area contributed by atoms with E-state index in [2.05, 4.69) is 41.2 Å². The molecule has 0 radical (unpaired) electrons. The summed E-state index contributed by atoms with van der Waals surface area (Å²) in [5, 5.41) is 10.1. The van der Waals surface area contributed by atoms with Gasteiger partial charge in [-0.05, 0) is 67.1 Å². The molecular formula is C24H23N5O. The highest BCUT2D eigenvalue weighted by molar-refractivity contribution is 5.86. The molecule has 0 atom stereocenters. The van der Waals surface area contributed by atoms with Crippen LogP contribution in [0.2, 0.25) is 0 Å². The molecule has 0 amide bonds. The topological polar surface area (TPSA) is 87.4 Å². The van der Waals surface area contributed by atoms with Gasteiger partial charge in [0.05, 0.1) is 35.5 Å². The predicted octanol–water partition coefficient (Wildman–Crippen LogP) is 3.87. The maximum Gasteiger partial charge on any atom is 0.251 e. The van der Waals surface area contributed by atoms with Crippen LogP contribution in [-0.4, -0.2) is 19.5 Å². The summed E-state index contributed by atoms with van der Waals surface area (Å²) in [7, 11) is 1.95. The van der Waals surface area contributed by atoms with E-state index in [0.29, 0.717) is 12.8 Å². The lowest BCUT2D eigenvalue weighted by atomic mass is 9.95. The smallest absolute Gasteiger partial charge is 0.251 e. The highest BCUT2D eigenvalue weighted by Gasteiger charge is 2.13. The Morgan fingerprint density at radius 2 is 1.97 bits per heavy atom. The number of nitriles is 1. The maximum atomic E-state index is 12.1. The number of hydrogen-bond donors (Lipinski definition) is 1. The lowest BCUT2D eigenvalue weighted by Gasteiger charge is -2.13. The van der Waals surface area contributed by atoms with Gasteiger partial charge in [0.25, 0.3) is 5.56 Å². The number of H-pyrrole nitrogens is 1. The molecule has 0 aliphatic rings. The van der Waals surface area contributed by atoms with E-state index in [4.69, 9.17) is 10.2 Å². The predicted molar refractivity (Wildman–Crippen MR) is 117 cm³/mol. The van der Waals surface area contributed by atoms with Gasteiger partial charge in [-0.1, -0.05) is 6.07 Å². The van der Waals surface area contributed by atoms with Crippen LogP contribution in [0.3, 0.4) is 0 Å². The Morgan fingerprint density at radius 1 is 1.13 bits per heavy atom. The van der Waals surface area contributed by atoms with Crippen molar-refractivity contribution in [1.82, 2.24) is 19.5 Å². The molecule has 3 aromatic heterocycles. The quantitative estimate of drug-likeness (QED) is 0.535. The molecule has 0 saturated carbocycles. The van der Waals surface area contributed by atoms with Crippen molar-refractivity contribution < 1.29 is 0 Å². The van der Waals surface area contributed by atoms with E-state index in [1.54, 1.807) is 12.5 Å². The monoisotopic (exact) mass is 397 g/mol. The molecular weight excluding hydrogens is 374 g/mol. The number of aromatic nitrogens is 4. The molecule has 4 aromatic rings. The Bertz CT molecular complexity index is 1310. The van der Waals surface area contributed by atoms with Gasteiger partial charge in [0.2, 0.25) is 0 Å². The molecule has 6 nitrogen and oxygen atoms in total. The van der Waals surface area contributed by atoms with Crippen LogP contribution in [0.1, 0.15) is 28.7 Å². The molecule has 1 aromatic carbocycles. The third-order valence-electron chi connectivity index (χ3n) is 5.50. The van der Waals surface area contributed by atoms with E-state index >= 15 is 0 Å². The number of rotatable bonds is 6. The molecule has 0 aliphatic heterocycles. The van der Waals surface area contributed by atoms with Gasteiger partial charge in [0.1, 0.15) is 0 Å². The lowest BCUT2D eigenvalue weighted by Crippen LogP contribution is -2.12. The molecule has 1 N–H and O–H groups in total. The van der Waals surface area contributed by atoms with Gasteiger partial charge in [0, 0.05) is 30.6 Å². The highest BCUT2D eigenvalue weighted by atomic mass is 16.1. The summed E-state index contributed by atoms with van der Waals surface area (Å²) in [5.41, 5.74) is 6.89. The lowest BCUT2D eigenvalue weighted by molar-refractivity contribution is 0.913. The molecule has 0 fully saturated rings. The summed E-state index contributed by atoms with van der Waals surface area (Å²) < 4.78 is 1.95. The number of benzene rings is 1. The summed E-state index contributed by atoms with van der Waals surface area (Å²) in [4.78, 5) is 24.0. The summed E-state index contributed by atoms with van der Waals surface area (Å²) >= 11 is 0. The van der Waals surface area contributed by atoms with Crippen molar-refractivity contribution >= 4 is 10.9 Å². The van der Waals surface area contributed by atoms with Crippen molar-refractivity contribution in [3.63, 3.8) is 0 Å². The molecule has 0 bridgehead atoms. The van der Waals surface area contributed by atoms with Crippen molar-refractivity contribution in [3.05, 3.63) is 81.7 Å². The number of aryl methyl sites for hydroxylation is 5. The molecule has 0 saturated heterocycles. The average Bonchev–Trinajstić information content (AvgIpc) is 3.17. The van der Waals surface area contributed by atoms with Crippen LogP contribution in [-0.2, 0) is 26.3 Å². The highest BCUT2D eigenvalue weighted by Crippen LogP contribution is 2.28. The van der Waals surface area contributed by atoms with Gasteiger partial charge in [0.15, 0.2) is 0 Å². The number of aromatic amines is 1.